The smallest absolute Gasteiger partial charge is 0.240 e. The number of para-hydroxylation sites is 1. The standard InChI is InChI=1S/C22H28N2O4S/c1-3-28-21-10-5-4-8-18(21)9-6-14-23-29(26,27)19-12-13-20(17(2)16-19)24-15-7-11-22(24)25/h4-5,8,10,12-13,16,23H,3,6-7,9,11,14-15H2,1-2H3. The Morgan fingerprint density at radius 1 is 1.17 bits per heavy atom. The molecule has 1 aliphatic heterocycles. The van der Waals surface area contributed by atoms with E-state index in [4.69, 9.17) is 4.74 Å². The monoisotopic (exact) mass is 416 g/mol. The minimum atomic E-state index is -3.60. The quantitative estimate of drug-likeness (QED) is 0.636. The SMILES string of the molecule is CCOc1ccccc1CCCNS(=O)(=O)c1ccc(N2CCCC2=O)c(C)c1. The van der Waals surface area contributed by atoms with Crippen molar-refractivity contribution in [2.45, 2.75) is 44.4 Å². The number of amides is 1. The van der Waals surface area contributed by atoms with Crippen LogP contribution in [0.15, 0.2) is 47.4 Å². The normalized spacial score (nSPS) is 14.4. The lowest BCUT2D eigenvalue weighted by Gasteiger charge is -2.19. The van der Waals surface area contributed by atoms with Gasteiger partial charge in [-0.1, -0.05) is 18.2 Å². The molecular formula is C22H28N2O4S. The third-order valence-electron chi connectivity index (χ3n) is 5.03. The second kappa shape index (κ2) is 9.41. The van der Waals surface area contributed by atoms with E-state index in [9.17, 15) is 13.2 Å². The van der Waals surface area contributed by atoms with Gasteiger partial charge in [0, 0.05) is 25.2 Å². The zero-order valence-corrected chi connectivity index (χ0v) is 17.8. The molecule has 3 rings (SSSR count). The van der Waals surface area contributed by atoms with Crippen LogP contribution in [-0.4, -0.2) is 34.0 Å². The number of hydrogen-bond donors (Lipinski definition) is 1. The predicted octanol–water partition coefficient (Wildman–Crippen LogP) is 3.43. The van der Waals surface area contributed by atoms with E-state index < -0.39 is 10.0 Å². The first kappa shape index (κ1) is 21.3. The van der Waals surface area contributed by atoms with Gasteiger partial charge in [-0.3, -0.25) is 4.79 Å². The average molecular weight is 417 g/mol. The van der Waals surface area contributed by atoms with Gasteiger partial charge in [-0.25, -0.2) is 13.1 Å². The van der Waals surface area contributed by atoms with Gasteiger partial charge in [0.25, 0.3) is 0 Å². The minimum Gasteiger partial charge on any atom is -0.494 e. The third-order valence-corrected chi connectivity index (χ3v) is 6.49. The molecule has 0 atom stereocenters. The number of carbonyl (C=O) groups is 1. The fourth-order valence-corrected chi connectivity index (χ4v) is 4.74. The Morgan fingerprint density at radius 3 is 2.66 bits per heavy atom. The van der Waals surface area contributed by atoms with Gasteiger partial charge < -0.3 is 9.64 Å². The lowest BCUT2D eigenvalue weighted by molar-refractivity contribution is -0.117. The maximum absolute atomic E-state index is 12.6. The summed E-state index contributed by atoms with van der Waals surface area (Å²) in [5.74, 6) is 0.940. The van der Waals surface area contributed by atoms with E-state index in [-0.39, 0.29) is 10.8 Å². The number of ether oxygens (including phenoxy) is 1. The van der Waals surface area contributed by atoms with Gasteiger partial charge in [0.15, 0.2) is 0 Å². The number of hydrogen-bond acceptors (Lipinski definition) is 4. The summed E-state index contributed by atoms with van der Waals surface area (Å²) in [6.07, 6.45) is 2.79. The highest BCUT2D eigenvalue weighted by atomic mass is 32.2. The number of nitrogens with zero attached hydrogens (tertiary/aromatic N) is 1. The van der Waals surface area contributed by atoms with Gasteiger partial charge in [0.1, 0.15) is 5.75 Å². The van der Waals surface area contributed by atoms with Crippen molar-refractivity contribution in [1.29, 1.82) is 0 Å². The lowest BCUT2D eigenvalue weighted by Crippen LogP contribution is -2.26. The number of rotatable bonds is 9. The van der Waals surface area contributed by atoms with Crippen molar-refractivity contribution in [2.75, 3.05) is 24.6 Å². The minimum absolute atomic E-state index is 0.0918. The zero-order valence-electron chi connectivity index (χ0n) is 17.0. The molecule has 6 nitrogen and oxygen atoms in total. The Morgan fingerprint density at radius 2 is 1.97 bits per heavy atom. The van der Waals surface area contributed by atoms with Crippen molar-refractivity contribution in [3.63, 3.8) is 0 Å². The van der Waals surface area contributed by atoms with Gasteiger partial charge >= 0.3 is 0 Å². The molecule has 2 aromatic rings. The van der Waals surface area contributed by atoms with E-state index in [1.807, 2.05) is 38.1 Å². The largest absolute Gasteiger partial charge is 0.494 e. The first-order chi connectivity index (χ1) is 13.9. The van der Waals surface area contributed by atoms with Crippen molar-refractivity contribution in [1.82, 2.24) is 4.72 Å². The molecule has 0 bridgehead atoms. The molecule has 29 heavy (non-hydrogen) atoms. The first-order valence-corrected chi connectivity index (χ1v) is 11.5. The van der Waals surface area contributed by atoms with E-state index in [1.165, 1.54) is 0 Å². The Labute approximate surface area is 172 Å². The summed E-state index contributed by atoms with van der Waals surface area (Å²) in [4.78, 5) is 13.9. The topological polar surface area (TPSA) is 75.7 Å². The predicted molar refractivity (Wildman–Crippen MR) is 114 cm³/mol. The number of aryl methyl sites for hydroxylation is 2. The maximum Gasteiger partial charge on any atom is 0.240 e. The summed E-state index contributed by atoms with van der Waals surface area (Å²) in [5.41, 5.74) is 2.65. The highest BCUT2D eigenvalue weighted by Crippen LogP contribution is 2.27. The fourth-order valence-electron chi connectivity index (χ4n) is 3.58. The van der Waals surface area contributed by atoms with Crippen LogP contribution >= 0.6 is 0 Å². The second-order valence-corrected chi connectivity index (χ2v) is 8.91. The maximum atomic E-state index is 12.6. The number of sulfonamides is 1. The highest BCUT2D eigenvalue weighted by molar-refractivity contribution is 7.89. The molecule has 1 N–H and O–H groups in total. The van der Waals surface area contributed by atoms with Crippen LogP contribution in [0.25, 0.3) is 0 Å². The van der Waals surface area contributed by atoms with Gasteiger partial charge in [-0.2, -0.15) is 0 Å². The molecule has 1 aliphatic rings. The molecule has 1 amide bonds. The average Bonchev–Trinajstić information content (AvgIpc) is 3.12. The van der Waals surface area contributed by atoms with E-state index >= 15 is 0 Å². The summed E-state index contributed by atoms with van der Waals surface area (Å²) in [7, 11) is -3.60. The molecule has 7 heteroatoms. The van der Waals surface area contributed by atoms with Crippen LogP contribution in [0.2, 0.25) is 0 Å². The lowest BCUT2D eigenvalue weighted by atomic mass is 10.1. The molecule has 0 saturated carbocycles. The summed E-state index contributed by atoms with van der Waals surface area (Å²) in [5, 5.41) is 0. The van der Waals surface area contributed by atoms with Gasteiger partial charge in [0.2, 0.25) is 15.9 Å². The Hall–Kier alpha value is -2.38. The Bertz CT molecular complexity index is 973. The molecule has 1 heterocycles. The Kier molecular flexibility index (Phi) is 6.92. The summed E-state index contributed by atoms with van der Waals surface area (Å²) in [6, 6.07) is 12.7. The van der Waals surface area contributed by atoms with Crippen LogP contribution < -0.4 is 14.4 Å². The van der Waals surface area contributed by atoms with E-state index in [1.54, 1.807) is 23.1 Å². The van der Waals surface area contributed by atoms with Crippen LogP contribution in [-0.2, 0) is 21.2 Å². The van der Waals surface area contributed by atoms with Crippen LogP contribution in [0.5, 0.6) is 5.75 Å². The van der Waals surface area contributed by atoms with Crippen molar-refractivity contribution in [3.8, 4) is 5.75 Å². The van der Waals surface area contributed by atoms with E-state index in [0.717, 1.165) is 35.4 Å². The number of anilines is 1. The summed E-state index contributed by atoms with van der Waals surface area (Å²) in [6.45, 7) is 5.41. The molecule has 1 saturated heterocycles. The molecular weight excluding hydrogens is 388 g/mol. The summed E-state index contributed by atoms with van der Waals surface area (Å²) >= 11 is 0. The van der Waals surface area contributed by atoms with Crippen LogP contribution in [0.1, 0.15) is 37.3 Å². The van der Waals surface area contributed by atoms with E-state index in [2.05, 4.69) is 4.72 Å². The van der Waals surface area contributed by atoms with Gasteiger partial charge in [-0.05, 0) is 68.5 Å². The van der Waals surface area contributed by atoms with Crippen molar-refractivity contribution < 1.29 is 17.9 Å². The molecule has 0 spiro atoms. The third kappa shape index (κ3) is 5.16. The van der Waals surface area contributed by atoms with Crippen molar-refractivity contribution >= 4 is 21.6 Å². The van der Waals surface area contributed by atoms with Crippen LogP contribution in [0, 0.1) is 6.92 Å². The van der Waals surface area contributed by atoms with Crippen molar-refractivity contribution in [2.24, 2.45) is 0 Å². The molecule has 0 aliphatic carbocycles. The first-order valence-electron chi connectivity index (χ1n) is 10.0. The van der Waals surface area contributed by atoms with Crippen LogP contribution in [0.3, 0.4) is 0 Å². The number of carbonyl (C=O) groups excluding carboxylic acids is 1. The number of nitrogens with one attached hydrogen (secondary N) is 1. The van der Waals surface area contributed by atoms with E-state index in [0.29, 0.717) is 32.5 Å². The zero-order chi connectivity index (χ0) is 20.9. The molecule has 1 fully saturated rings. The second-order valence-electron chi connectivity index (χ2n) is 7.14. The van der Waals surface area contributed by atoms with Gasteiger partial charge in [-0.15, -0.1) is 0 Å². The highest BCUT2D eigenvalue weighted by Gasteiger charge is 2.24. The molecule has 0 aromatic heterocycles. The van der Waals surface area contributed by atoms with Crippen molar-refractivity contribution in [3.05, 3.63) is 53.6 Å². The summed E-state index contributed by atoms with van der Waals surface area (Å²) < 4.78 is 33.6. The molecule has 0 radical (unpaired) electrons. The molecule has 2 aromatic carbocycles. The molecule has 156 valence electrons. The molecule has 0 unspecified atom stereocenters. The number of benzene rings is 2. The van der Waals surface area contributed by atoms with Crippen LogP contribution in [0.4, 0.5) is 5.69 Å². The fraction of sp³-hybridized carbons (Fsp3) is 0.409. The Balaban J connectivity index is 1.60. The van der Waals surface area contributed by atoms with Gasteiger partial charge in [0.05, 0.1) is 11.5 Å².